The number of fused-ring (bicyclic) bond motifs is 1. The van der Waals surface area contributed by atoms with Crippen molar-refractivity contribution in [3.05, 3.63) is 58.1 Å². The Morgan fingerprint density at radius 3 is 2.48 bits per heavy atom. The first-order valence-corrected chi connectivity index (χ1v) is 8.55. The fraction of sp³-hybridized carbons (Fsp3) is 0.133. The van der Waals surface area contributed by atoms with Crippen LogP contribution >= 0.6 is 15.9 Å². The molecular weight excluding hydrogens is 395 g/mol. The summed E-state index contributed by atoms with van der Waals surface area (Å²) in [5.41, 5.74) is 0.845. The maximum atomic E-state index is 12.5. The van der Waals surface area contributed by atoms with Crippen molar-refractivity contribution in [1.29, 1.82) is 0 Å². The minimum Gasteiger partial charge on any atom is -0.430 e. The lowest BCUT2D eigenvalue weighted by molar-refractivity contribution is -0.137. The Balaban J connectivity index is 1.80. The van der Waals surface area contributed by atoms with Crippen LogP contribution in [-0.2, 0) is 22.7 Å². The van der Waals surface area contributed by atoms with Crippen molar-refractivity contribution in [2.75, 3.05) is 0 Å². The van der Waals surface area contributed by atoms with Crippen molar-refractivity contribution < 1.29 is 21.8 Å². The first-order chi connectivity index (χ1) is 10.8. The number of aromatic nitrogens is 1. The summed E-state index contributed by atoms with van der Waals surface area (Å²) in [6, 6.07) is 9.77. The molecule has 0 amide bonds. The summed E-state index contributed by atoms with van der Waals surface area (Å²) in [7, 11) is -1.58. The van der Waals surface area contributed by atoms with Crippen molar-refractivity contribution in [2.24, 2.45) is 0 Å². The molecule has 0 aliphatic heterocycles. The number of rotatable bonds is 3. The maximum Gasteiger partial charge on any atom is 0.416 e. The van der Waals surface area contributed by atoms with Gasteiger partial charge in [-0.15, -0.1) is 0 Å². The van der Waals surface area contributed by atoms with Crippen LogP contribution in [0, 0.1) is 0 Å². The van der Waals surface area contributed by atoms with Crippen LogP contribution in [0.5, 0.6) is 0 Å². The quantitative estimate of drug-likeness (QED) is 0.623. The number of alkyl halides is 3. The van der Waals surface area contributed by atoms with Crippen molar-refractivity contribution in [1.82, 2.24) is 4.98 Å². The van der Waals surface area contributed by atoms with E-state index >= 15 is 0 Å². The van der Waals surface area contributed by atoms with Crippen LogP contribution in [0.25, 0.3) is 11.1 Å². The minimum absolute atomic E-state index is 0.0339. The molecule has 0 aliphatic carbocycles. The molecule has 0 saturated heterocycles. The molecule has 0 fully saturated rings. The highest BCUT2D eigenvalue weighted by Gasteiger charge is 2.30. The van der Waals surface area contributed by atoms with Gasteiger partial charge in [0.15, 0.2) is 5.58 Å². The minimum atomic E-state index is -4.38. The monoisotopic (exact) mass is 403 g/mol. The Hall–Kier alpha value is -1.67. The molecule has 1 aromatic heterocycles. The van der Waals surface area contributed by atoms with Gasteiger partial charge in [0.05, 0.1) is 11.3 Å². The van der Waals surface area contributed by atoms with Crippen LogP contribution < -0.4 is 0 Å². The average Bonchev–Trinajstić information content (AvgIpc) is 2.90. The third-order valence-corrected chi connectivity index (χ3v) is 4.76. The van der Waals surface area contributed by atoms with Crippen molar-refractivity contribution >= 4 is 37.8 Å². The molecule has 1 atom stereocenters. The average molecular weight is 404 g/mol. The summed E-state index contributed by atoms with van der Waals surface area (Å²) in [6.07, 6.45) is -4.38. The number of halogens is 4. The predicted molar refractivity (Wildman–Crippen MR) is 83.3 cm³/mol. The number of oxazole rings is 1. The third kappa shape index (κ3) is 3.64. The summed E-state index contributed by atoms with van der Waals surface area (Å²) in [4.78, 5) is 4.14. The molecule has 0 aliphatic rings. The molecule has 2 aromatic carbocycles. The van der Waals surface area contributed by atoms with E-state index in [-0.39, 0.29) is 11.0 Å². The zero-order valence-electron chi connectivity index (χ0n) is 11.4. The zero-order valence-corrected chi connectivity index (χ0v) is 13.8. The second kappa shape index (κ2) is 6.09. The van der Waals surface area contributed by atoms with E-state index in [0.29, 0.717) is 16.7 Å². The predicted octanol–water partition coefficient (Wildman–Crippen LogP) is 4.92. The Morgan fingerprint density at radius 2 is 1.83 bits per heavy atom. The van der Waals surface area contributed by atoms with Crippen LogP contribution in [-0.4, -0.2) is 9.19 Å². The molecule has 0 bridgehead atoms. The first-order valence-electron chi connectivity index (χ1n) is 6.43. The highest BCUT2D eigenvalue weighted by molar-refractivity contribution is 9.10. The van der Waals surface area contributed by atoms with Crippen LogP contribution in [0.15, 0.2) is 56.6 Å². The molecule has 0 N–H and O–H groups in total. The van der Waals surface area contributed by atoms with Crippen molar-refractivity contribution in [2.45, 2.75) is 17.2 Å². The second-order valence-corrected chi connectivity index (χ2v) is 7.02. The largest absolute Gasteiger partial charge is 0.430 e. The van der Waals surface area contributed by atoms with E-state index in [4.69, 9.17) is 4.42 Å². The summed E-state index contributed by atoms with van der Waals surface area (Å²) in [5.74, 6) is 0.0339. The first kappa shape index (κ1) is 16.2. The smallest absolute Gasteiger partial charge is 0.416 e. The van der Waals surface area contributed by atoms with Gasteiger partial charge in [-0.2, -0.15) is 13.2 Å². The van der Waals surface area contributed by atoms with Gasteiger partial charge in [-0.3, -0.25) is 0 Å². The van der Waals surface area contributed by atoms with Crippen LogP contribution in [0.4, 0.5) is 13.2 Å². The number of nitrogens with zero attached hydrogens (tertiary/aromatic N) is 1. The van der Waals surface area contributed by atoms with E-state index in [9.17, 15) is 17.4 Å². The molecule has 8 heteroatoms. The Bertz CT molecular complexity index is 875. The Labute approximate surface area is 140 Å². The second-order valence-electron chi connectivity index (χ2n) is 4.78. The van der Waals surface area contributed by atoms with E-state index in [2.05, 4.69) is 20.9 Å². The van der Waals surface area contributed by atoms with E-state index in [1.165, 1.54) is 12.1 Å². The zero-order chi connectivity index (χ0) is 16.6. The fourth-order valence-electron chi connectivity index (χ4n) is 1.98. The molecule has 1 unspecified atom stereocenters. The van der Waals surface area contributed by atoms with Gasteiger partial charge >= 0.3 is 6.18 Å². The van der Waals surface area contributed by atoms with E-state index in [0.717, 1.165) is 16.6 Å². The van der Waals surface area contributed by atoms with E-state index in [1.807, 2.05) is 0 Å². The van der Waals surface area contributed by atoms with Gasteiger partial charge in [0, 0.05) is 4.47 Å². The maximum absolute atomic E-state index is 12.5. The number of hydrogen-bond donors (Lipinski definition) is 0. The molecule has 1 heterocycles. The Morgan fingerprint density at radius 1 is 1.13 bits per heavy atom. The lowest BCUT2D eigenvalue weighted by Crippen LogP contribution is -2.05. The van der Waals surface area contributed by atoms with Crippen molar-refractivity contribution in [3.63, 3.8) is 0 Å². The summed E-state index contributed by atoms with van der Waals surface area (Å²) in [6.45, 7) is 0. The highest BCUT2D eigenvalue weighted by atomic mass is 79.9. The lowest BCUT2D eigenvalue weighted by atomic mass is 10.1. The molecular formula is C15H9BrF3NO2S. The standard InChI is InChI=1S/C15H9BrF3NO2S/c16-11-5-6-12-13(7-11)22-14(20-12)23(21)8-9-1-3-10(4-2-9)15(17,18)19/h1-7H,8H2. The molecule has 0 spiro atoms. The molecule has 0 saturated carbocycles. The summed E-state index contributed by atoms with van der Waals surface area (Å²) in [5, 5.41) is 0.0537. The van der Waals surface area contributed by atoms with Gasteiger partial charge < -0.3 is 4.42 Å². The molecule has 120 valence electrons. The van der Waals surface area contributed by atoms with Crippen molar-refractivity contribution in [3.8, 4) is 0 Å². The van der Waals surface area contributed by atoms with Crippen LogP contribution in [0.3, 0.4) is 0 Å². The SMILES string of the molecule is O=S(Cc1ccc(C(F)(F)F)cc1)c1nc2ccc(Br)cc2o1. The Kier molecular flexibility index (Phi) is 4.29. The summed E-state index contributed by atoms with van der Waals surface area (Å²) < 4.78 is 56.0. The third-order valence-electron chi connectivity index (χ3n) is 3.10. The molecule has 3 nitrogen and oxygen atoms in total. The lowest BCUT2D eigenvalue weighted by Gasteiger charge is -2.06. The van der Waals surface area contributed by atoms with Crippen LogP contribution in [0.1, 0.15) is 11.1 Å². The molecule has 23 heavy (non-hydrogen) atoms. The fourth-order valence-corrected chi connectivity index (χ4v) is 3.32. The van der Waals surface area contributed by atoms with Crippen LogP contribution in [0.2, 0.25) is 0 Å². The van der Waals surface area contributed by atoms with Gasteiger partial charge in [-0.1, -0.05) is 28.1 Å². The van der Waals surface area contributed by atoms with E-state index < -0.39 is 22.5 Å². The summed E-state index contributed by atoms with van der Waals surface area (Å²) >= 11 is 3.30. The van der Waals surface area contributed by atoms with E-state index in [1.54, 1.807) is 18.2 Å². The molecule has 3 aromatic rings. The molecule has 0 radical (unpaired) electrons. The number of hydrogen-bond acceptors (Lipinski definition) is 3. The van der Waals surface area contributed by atoms with Gasteiger partial charge in [0.1, 0.15) is 16.3 Å². The normalized spacial score (nSPS) is 13.4. The highest BCUT2D eigenvalue weighted by Crippen LogP contribution is 2.29. The number of benzene rings is 2. The van der Waals surface area contributed by atoms with Gasteiger partial charge in [0.25, 0.3) is 5.22 Å². The topological polar surface area (TPSA) is 43.1 Å². The van der Waals surface area contributed by atoms with Gasteiger partial charge in [-0.05, 0) is 35.9 Å². The van der Waals surface area contributed by atoms with Gasteiger partial charge in [0.2, 0.25) is 0 Å². The van der Waals surface area contributed by atoms with Gasteiger partial charge in [-0.25, -0.2) is 9.19 Å². The molecule has 3 rings (SSSR count).